The van der Waals surface area contributed by atoms with Gasteiger partial charge >= 0.3 is 0 Å². The second-order valence-corrected chi connectivity index (χ2v) is 10.2. The molecule has 1 saturated heterocycles. The molecule has 2 amide bonds. The third-order valence-electron chi connectivity index (χ3n) is 5.59. The van der Waals surface area contributed by atoms with E-state index in [2.05, 4.69) is 5.32 Å². The lowest BCUT2D eigenvalue weighted by atomic mass is 9.93. The van der Waals surface area contributed by atoms with E-state index in [1.807, 2.05) is 44.2 Å². The van der Waals surface area contributed by atoms with Crippen LogP contribution in [0, 0.1) is 0 Å². The minimum Gasteiger partial charge on any atom is -0.497 e. The second kappa shape index (κ2) is 9.30. The summed E-state index contributed by atoms with van der Waals surface area (Å²) < 4.78 is 32.7. The summed E-state index contributed by atoms with van der Waals surface area (Å²) in [7, 11) is -2.50. The van der Waals surface area contributed by atoms with Crippen LogP contribution < -0.4 is 10.1 Å². The average Bonchev–Trinajstić information content (AvgIpc) is 2.77. The van der Waals surface area contributed by atoms with Crippen molar-refractivity contribution in [2.75, 3.05) is 20.2 Å². The molecule has 1 heterocycles. The molecule has 0 radical (unpaired) electrons. The topological polar surface area (TPSA) is 96.0 Å². The maximum absolute atomic E-state index is 13.3. The molecule has 0 spiro atoms. The van der Waals surface area contributed by atoms with E-state index in [9.17, 15) is 18.0 Å². The largest absolute Gasteiger partial charge is 0.497 e. The molecule has 9 heteroatoms. The number of hydrogen-bond donors (Lipinski definition) is 1. The predicted molar refractivity (Wildman–Crippen MR) is 120 cm³/mol. The molecule has 2 aromatic rings. The molecule has 1 atom stereocenters. The van der Waals surface area contributed by atoms with E-state index in [4.69, 9.17) is 4.74 Å². The Bertz CT molecular complexity index is 1070. The number of sulfonamides is 1. The fourth-order valence-electron chi connectivity index (χ4n) is 4.05. The van der Waals surface area contributed by atoms with E-state index < -0.39 is 27.4 Å². The van der Waals surface area contributed by atoms with Crippen LogP contribution in [0.3, 0.4) is 0 Å². The van der Waals surface area contributed by atoms with E-state index in [1.54, 1.807) is 19.1 Å². The Morgan fingerprint density at radius 1 is 1.12 bits per heavy atom. The smallest absolute Gasteiger partial charge is 0.247 e. The van der Waals surface area contributed by atoms with Gasteiger partial charge in [0.25, 0.3) is 0 Å². The average molecular weight is 460 g/mol. The number of nitrogens with one attached hydrogen (secondary N) is 1. The number of nitrogens with zero attached hydrogens (tertiary/aromatic N) is 2. The van der Waals surface area contributed by atoms with Crippen LogP contribution >= 0.6 is 0 Å². The van der Waals surface area contributed by atoms with Gasteiger partial charge in [-0.25, -0.2) is 8.42 Å². The lowest BCUT2D eigenvalue weighted by Crippen LogP contribution is -2.71. The highest BCUT2D eigenvalue weighted by atomic mass is 32.2. The van der Waals surface area contributed by atoms with E-state index >= 15 is 0 Å². The molecule has 1 unspecified atom stereocenters. The second-order valence-electron chi connectivity index (χ2n) is 8.25. The standard InChI is InChI=1S/C23H29N3O5S/c1-17(2)26-21(27)15-25(32(29,30)20-12-10-19(31-4)11-13-20)16-23(26,3)22(28)24-14-18-8-6-5-7-9-18/h5-13,17H,14-16H2,1-4H3,(H,24,28). The van der Waals surface area contributed by atoms with Crippen LogP contribution in [0.5, 0.6) is 5.75 Å². The first-order chi connectivity index (χ1) is 15.1. The van der Waals surface area contributed by atoms with Gasteiger partial charge in [-0.15, -0.1) is 0 Å². The summed E-state index contributed by atoms with van der Waals surface area (Å²) in [4.78, 5) is 27.9. The van der Waals surface area contributed by atoms with Crippen molar-refractivity contribution in [3.05, 3.63) is 60.2 Å². The van der Waals surface area contributed by atoms with Gasteiger partial charge in [0.1, 0.15) is 11.3 Å². The molecule has 3 rings (SSSR count). The van der Waals surface area contributed by atoms with Crippen LogP contribution in [0.2, 0.25) is 0 Å². The Labute approximate surface area is 189 Å². The van der Waals surface area contributed by atoms with Crippen molar-refractivity contribution in [1.82, 2.24) is 14.5 Å². The van der Waals surface area contributed by atoms with Gasteiger partial charge in [0, 0.05) is 19.1 Å². The SMILES string of the molecule is COc1ccc(S(=O)(=O)N2CC(=O)N(C(C)C)C(C)(C(=O)NCc3ccccc3)C2)cc1. The predicted octanol–water partition coefficient (Wildman–Crippen LogP) is 2.01. The van der Waals surface area contributed by atoms with E-state index in [1.165, 1.54) is 24.1 Å². The summed E-state index contributed by atoms with van der Waals surface area (Å²) >= 11 is 0. The molecule has 0 bridgehead atoms. The summed E-state index contributed by atoms with van der Waals surface area (Å²) in [6.45, 7) is 5.05. The molecule has 0 saturated carbocycles. The zero-order chi connectivity index (χ0) is 23.5. The Kier molecular flexibility index (Phi) is 6.90. The van der Waals surface area contributed by atoms with Gasteiger partial charge in [-0.1, -0.05) is 30.3 Å². The lowest BCUT2D eigenvalue weighted by Gasteiger charge is -2.48. The van der Waals surface area contributed by atoms with Gasteiger partial charge in [0.2, 0.25) is 21.8 Å². The quantitative estimate of drug-likeness (QED) is 0.683. The van der Waals surface area contributed by atoms with Crippen molar-refractivity contribution >= 4 is 21.8 Å². The minimum absolute atomic E-state index is 0.0381. The van der Waals surface area contributed by atoms with Crippen LogP contribution in [-0.2, 0) is 26.2 Å². The summed E-state index contributed by atoms with van der Waals surface area (Å²) in [5.41, 5.74) is -0.456. The number of piperazine rings is 1. The third kappa shape index (κ3) is 4.63. The Morgan fingerprint density at radius 2 is 1.75 bits per heavy atom. The van der Waals surface area contributed by atoms with Crippen LogP contribution in [0.4, 0.5) is 0 Å². The highest BCUT2D eigenvalue weighted by molar-refractivity contribution is 7.89. The molecule has 2 aromatic carbocycles. The number of rotatable bonds is 7. The van der Waals surface area contributed by atoms with Crippen LogP contribution in [0.1, 0.15) is 26.3 Å². The number of amides is 2. The zero-order valence-corrected chi connectivity index (χ0v) is 19.6. The first kappa shape index (κ1) is 23.7. The monoisotopic (exact) mass is 459 g/mol. The van der Waals surface area contributed by atoms with Gasteiger partial charge in [0.05, 0.1) is 18.6 Å². The number of methoxy groups -OCH3 is 1. The summed E-state index contributed by atoms with van der Waals surface area (Å²) in [6, 6.07) is 15.1. The normalized spacial score (nSPS) is 19.8. The van der Waals surface area contributed by atoms with Gasteiger partial charge in [-0.2, -0.15) is 4.31 Å². The van der Waals surface area contributed by atoms with Gasteiger partial charge < -0.3 is 15.0 Å². The molecule has 1 fully saturated rings. The lowest BCUT2D eigenvalue weighted by molar-refractivity contribution is -0.155. The minimum atomic E-state index is -3.99. The molecular weight excluding hydrogens is 430 g/mol. The fraction of sp³-hybridized carbons (Fsp3) is 0.391. The Morgan fingerprint density at radius 3 is 2.31 bits per heavy atom. The first-order valence-corrected chi connectivity index (χ1v) is 11.8. The molecule has 0 aliphatic carbocycles. The highest BCUT2D eigenvalue weighted by Gasteiger charge is 2.51. The molecule has 1 aliphatic heterocycles. The Hall–Kier alpha value is -2.91. The van der Waals surface area contributed by atoms with E-state index in [-0.39, 0.29) is 30.6 Å². The van der Waals surface area contributed by atoms with E-state index in [0.29, 0.717) is 5.75 Å². The number of carbonyl (C=O) groups excluding carboxylic acids is 2. The fourth-order valence-corrected chi connectivity index (χ4v) is 5.53. The maximum Gasteiger partial charge on any atom is 0.247 e. The Balaban J connectivity index is 1.89. The van der Waals surface area contributed by atoms with Crippen molar-refractivity contribution in [1.29, 1.82) is 0 Å². The van der Waals surface area contributed by atoms with Crippen LogP contribution in [-0.4, -0.2) is 61.2 Å². The molecule has 8 nitrogen and oxygen atoms in total. The maximum atomic E-state index is 13.3. The van der Waals surface area contributed by atoms with Crippen molar-refractivity contribution < 1.29 is 22.7 Å². The summed E-state index contributed by atoms with van der Waals surface area (Å²) in [5, 5.41) is 2.87. The zero-order valence-electron chi connectivity index (χ0n) is 18.7. The van der Waals surface area contributed by atoms with Gasteiger partial charge in [-0.05, 0) is 50.6 Å². The van der Waals surface area contributed by atoms with Crippen LogP contribution in [0.15, 0.2) is 59.5 Å². The molecule has 1 aliphatic rings. The van der Waals surface area contributed by atoms with Crippen molar-refractivity contribution in [2.45, 2.75) is 43.8 Å². The molecule has 172 valence electrons. The van der Waals surface area contributed by atoms with Crippen molar-refractivity contribution in [2.24, 2.45) is 0 Å². The van der Waals surface area contributed by atoms with Crippen molar-refractivity contribution in [3.63, 3.8) is 0 Å². The van der Waals surface area contributed by atoms with E-state index in [0.717, 1.165) is 9.87 Å². The third-order valence-corrected chi connectivity index (χ3v) is 7.40. The molecule has 0 aromatic heterocycles. The summed E-state index contributed by atoms with van der Waals surface area (Å²) in [6.07, 6.45) is 0. The summed E-state index contributed by atoms with van der Waals surface area (Å²) in [5.74, 6) is -0.298. The molecule has 1 N–H and O–H groups in total. The number of hydrogen-bond acceptors (Lipinski definition) is 5. The van der Waals surface area contributed by atoms with Crippen LogP contribution in [0.25, 0.3) is 0 Å². The number of benzene rings is 2. The van der Waals surface area contributed by atoms with Crippen molar-refractivity contribution in [3.8, 4) is 5.75 Å². The van der Waals surface area contributed by atoms with Gasteiger partial charge in [-0.3, -0.25) is 9.59 Å². The first-order valence-electron chi connectivity index (χ1n) is 10.4. The molecule has 32 heavy (non-hydrogen) atoms. The number of ether oxygens (including phenoxy) is 1. The highest BCUT2D eigenvalue weighted by Crippen LogP contribution is 2.30. The molecular formula is C23H29N3O5S. The van der Waals surface area contributed by atoms with Gasteiger partial charge in [0.15, 0.2) is 0 Å². The number of carbonyl (C=O) groups is 2.